The molecule has 0 saturated carbocycles. The van der Waals surface area contributed by atoms with Crippen LogP contribution in [0, 0.1) is 0 Å². The zero-order chi connectivity index (χ0) is 4.50. The van der Waals surface area contributed by atoms with Gasteiger partial charge in [-0.3, -0.25) is 0 Å². The largest absolute Gasteiger partial charge is 0 e. The second-order valence-corrected chi connectivity index (χ2v) is 1.54. The van der Waals surface area contributed by atoms with E-state index in [9.17, 15) is 0 Å². The van der Waals surface area contributed by atoms with Crippen molar-refractivity contribution in [3.8, 4) is 0 Å². The van der Waals surface area contributed by atoms with Crippen LogP contribution in [0.1, 0.15) is 0 Å². The fourth-order valence-corrected chi connectivity index (χ4v) is 0. The summed E-state index contributed by atoms with van der Waals surface area (Å²) in [6, 6.07) is 0. The molecule has 0 saturated heterocycles. The van der Waals surface area contributed by atoms with E-state index in [0.717, 1.165) is 0 Å². The van der Waals surface area contributed by atoms with E-state index in [1.807, 2.05) is 0 Å². The fraction of sp³-hybridized carbons (Fsp3) is 0. The molecule has 0 aliphatic rings. The second-order valence-electron chi connectivity index (χ2n) is 0.513. The maximum absolute atomic E-state index is 8.88. The van der Waals surface area contributed by atoms with Crippen molar-refractivity contribution >= 4 is 60.4 Å². The Labute approximate surface area is 97.0 Å². The SMILES string of the molecule is O=P(O)(O)O.[MgH2].[NaH].[V]. The molecule has 43 valence electrons. The van der Waals surface area contributed by atoms with Gasteiger partial charge in [-0.2, -0.15) is 0 Å². The maximum Gasteiger partial charge on any atom is 0 e. The summed E-state index contributed by atoms with van der Waals surface area (Å²) in [6.45, 7) is 0. The van der Waals surface area contributed by atoms with Gasteiger partial charge in [0.15, 0.2) is 0 Å². The molecule has 0 aromatic rings. The van der Waals surface area contributed by atoms with E-state index in [1.165, 1.54) is 0 Å². The van der Waals surface area contributed by atoms with Crippen molar-refractivity contribution in [3.05, 3.63) is 0 Å². The molecule has 0 fully saturated rings. The molecular weight excluding hydrogens is 193 g/mol. The number of hydrogen-bond acceptors (Lipinski definition) is 1. The number of hydrogen-bond donors (Lipinski definition) is 3. The molecule has 0 aliphatic carbocycles. The quantitative estimate of drug-likeness (QED) is 0.298. The topological polar surface area (TPSA) is 77.8 Å². The van der Waals surface area contributed by atoms with Gasteiger partial charge < -0.3 is 14.7 Å². The maximum atomic E-state index is 8.88. The van der Waals surface area contributed by atoms with Crippen LogP contribution in [0.5, 0.6) is 0 Å². The van der Waals surface area contributed by atoms with Crippen molar-refractivity contribution in [2.24, 2.45) is 0 Å². The Morgan fingerprint density at radius 3 is 1.12 bits per heavy atom. The Kier molecular flexibility index (Phi) is 26.5. The predicted octanol–water partition coefficient (Wildman–Crippen LogP) is -2.50. The number of phosphoric acid groups is 1. The predicted molar refractivity (Wildman–Crippen MR) is 30.0 cm³/mol. The van der Waals surface area contributed by atoms with Gasteiger partial charge in [-0.15, -0.1) is 0 Å². The van der Waals surface area contributed by atoms with Gasteiger partial charge in [0.2, 0.25) is 0 Å². The first kappa shape index (κ1) is 22.4. The minimum Gasteiger partial charge on any atom is 0 e. The Balaban J connectivity index is -0.0000000267. The van der Waals surface area contributed by atoms with Gasteiger partial charge in [-0.25, -0.2) is 4.57 Å². The van der Waals surface area contributed by atoms with Gasteiger partial charge in [0.05, 0.1) is 0 Å². The molecule has 8 heteroatoms. The van der Waals surface area contributed by atoms with Crippen molar-refractivity contribution in [1.29, 1.82) is 0 Å². The summed E-state index contributed by atoms with van der Waals surface area (Å²) in [5, 5.41) is 0. The average molecular weight is 199 g/mol. The summed E-state index contributed by atoms with van der Waals surface area (Å²) in [5.41, 5.74) is 0. The minimum atomic E-state index is -4.64. The van der Waals surface area contributed by atoms with E-state index in [0.29, 0.717) is 0 Å². The van der Waals surface area contributed by atoms with E-state index in [-0.39, 0.29) is 71.2 Å². The third-order valence-corrected chi connectivity index (χ3v) is 0. The van der Waals surface area contributed by atoms with Crippen LogP contribution in [0.4, 0.5) is 0 Å². The molecule has 8 heavy (non-hydrogen) atoms. The van der Waals surface area contributed by atoms with Gasteiger partial charge in [-0.1, -0.05) is 0 Å². The summed E-state index contributed by atoms with van der Waals surface area (Å²) in [5.74, 6) is 0. The zero-order valence-electron chi connectivity index (χ0n) is 2.64. The molecule has 0 rings (SSSR count). The molecule has 1 radical (unpaired) electrons. The Morgan fingerprint density at radius 1 is 1.12 bits per heavy atom. The zero-order valence-corrected chi connectivity index (χ0v) is 4.94. The standard InChI is InChI=1S/Mg.Na.H3O4P.V.3H/c;;1-5(2,3)4;;;;/h;;(H3,1,2,3,4);;;;. The Morgan fingerprint density at radius 2 is 1.12 bits per heavy atom. The summed E-state index contributed by atoms with van der Waals surface area (Å²) in [7, 11) is -4.64. The molecule has 0 amide bonds. The third-order valence-electron chi connectivity index (χ3n) is 0. The van der Waals surface area contributed by atoms with Crippen LogP contribution in [0.25, 0.3) is 0 Å². The van der Waals surface area contributed by atoms with Gasteiger partial charge >= 0.3 is 60.4 Å². The van der Waals surface area contributed by atoms with Crippen molar-refractivity contribution in [2.45, 2.75) is 0 Å². The number of rotatable bonds is 0. The molecule has 0 aromatic carbocycles. The average Bonchev–Trinajstić information content (AvgIpc) is 0.722. The van der Waals surface area contributed by atoms with Gasteiger partial charge in [0.1, 0.15) is 0 Å². The van der Waals surface area contributed by atoms with Crippen LogP contribution >= 0.6 is 7.82 Å². The molecule has 0 unspecified atom stereocenters. The van der Waals surface area contributed by atoms with E-state index < -0.39 is 7.82 Å². The van der Waals surface area contributed by atoms with E-state index in [4.69, 9.17) is 19.2 Å². The molecule has 0 aromatic heterocycles. The van der Waals surface area contributed by atoms with Crippen molar-refractivity contribution in [3.63, 3.8) is 0 Å². The summed E-state index contributed by atoms with van der Waals surface area (Å²) >= 11 is 0. The molecule has 0 heterocycles. The molecule has 0 spiro atoms. The Hall–Kier alpha value is 2.46. The molecule has 4 nitrogen and oxygen atoms in total. The first-order valence-electron chi connectivity index (χ1n) is 0.783. The Bertz CT molecular complexity index is 62.2. The fourth-order valence-electron chi connectivity index (χ4n) is 0. The molecular formula is H6MgNaO4PV. The van der Waals surface area contributed by atoms with E-state index >= 15 is 0 Å². The van der Waals surface area contributed by atoms with Gasteiger partial charge in [0, 0.05) is 18.6 Å². The normalized spacial score (nSPS) is 7.38. The molecule has 0 atom stereocenters. The van der Waals surface area contributed by atoms with Gasteiger partial charge in [0.25, 0.3) is 0 Å². The van der Waals surface area contributed by atoms with Gasteiger partial charge in [-0.05, 0) is 0 Å². The van der Waals surface area contributed by atoms with Crippen LogP contribution in [0.15, 0.2) is 0 Å². The van der Waals surface area contributed by atoms with Crippen LogP contribution in [0.2, 0.25) is 0 Å². The second kappa shape index (κ2) is 9.46. The monoisotopic (exact) mass is 199 g/mol. The van der Waals surface area contributed by atoms with E-state index in [2.05, 4.69) is 0 Å². The van der Waals surface area contributed by atoms with Crippen LogP contribution < -0.4 is 0 Å². The molecule has 0 aliphatic heterocycles. The van der Waals surface area contributed by atoms with Crippen LogP contribution in [-0.4, -0.2) is 67.3 Å². The summed E-state index contributed by atoms with van der Waals surface area (Å²) < 4.78 is 8.88. The first-order chi connectivity index (χ1) is 2.00. The van der Waals surface area contributed by atoms with Crippen LogP contribution in [-0.2, 0) is 23.1 Å². The smallest absolute Gasteiger partial charge is 0 e. The first-order valence-corrected chi connectivity index (χ1v) is 2.35. The van der Waals surface area contributed by atoms with Crippen LogP contribution in [0.3, 0.4) is 0 Å². The van der Waals surface area contributed by atoms with E-state index in [1.54, 1.807) is 0 Å². The summed E-state index contributed by atoms with van der Waals surface area (Å²) in [6.07, 6.45) is 0. The molecule has 3 N–H and O–H groups in total. The van der Waals surface area contributed by atoms with Crippen molar-refractivity contribution in [2.75, 3.05) is 0 Å². The molecule has 0 bridgehead atoms. The minimum absolute atomic E-state index is 0. The van der Waals surface area contributed by atoms with Crippen molar-refractivity contribution < 1.29 is 37.8 Å². The summed E-state index contributed by atoms with van der Waals surface area (Å²) in [4.78, 5) is 21.6. The third kappa shape index (κ3) is 77.8. The van der Waals surface area contributed by atoms with Crippen molar-refractivity contribution in [1.82, 2.24) is 0 Å².